The standard InChI is InChI=1S/C4H7Br.C2H8O2Si/c5-4-2-1-3-4;1-3-5-4-2/h4H,1-3H2;5H2,1-2H3. The number of rotatable bonds is 2. The summed E-state index contributed by atoms with van der Waals surface area (Å²) < 4.78 is 9.22. The Bertz CT molecular complexity index is 66.8. The molecule has 1 saturated carbocycles. The summed E-state index contributed by atoms with van der Waals surface area (Å²) in [5.41, 5.74) is 0. The van der Waals surface area contributed by atoms with E-state index in [1.54, 1.807) is 14.2 Å². The Morgan fingerprint density at radius 1 is 1.30 bits per heavy atom. The van der Waals surface area contributed by atoms with E-state index in [0.29, 0.717) is 0 Å². The van der Waals surface area contributed by atoms with Gasteiger partial charge in [-0.15, -0.1) is 0 Å². The quantitative estimate of drug-likeness (QED) is 0.521. The molecule has 0 saturated heterocycles. The Morgan fingerprint density at radius 3 is 1.70 bits per heavy atom. The summed E-state index contributed by atoms with van der Waals surface area (Å²) in [7, 11) is 2.73. The first-order chi connectivity index (χ1) is 4.81. The molecule has 0 amide bonds. The highest BCUT2D eigenvalue weighted by atomic mass is 79.9. The van der Waals surface area contributed by atoms with Crippen molar-refractivity contribution >= 4 is 25.9 Å². The number of hydrogen-bond donors (Lipinski definition) is 0. The topological polar surface area (TPSA) is 18.5 Å². The van der Waals surface area contributed by atoms with Gasteiger partial charge in [0.15, 0.2) is 0 Å². The van der Waals surface area contributed by atoms with Gasteiger partial charge in [0.2, 0.25) is 0 Å². The van der Waals surface area contributed by atoms with E-state index < -0.39 is 10.0 Å². The van der Waals surface area contributed by atoms with Crippen LogP contribution in [0.15, 0.2) is 0 Å². The van der Waals surface area contributed by atoms with Crippen LogP contribution in [0.3, 0.4) is 0 Å². The van der Waals surface area contributed by atoms with Crippen molar-refractivity contribution in [3.05, 3.63) is 0 Å². The van der Waals surface area contributed by atoms with E-state index in [4.69, 9.17) is 0 Å². The van der Waals surface area contributed by atoms with E-state index in [1.807, 2.05) is 0 Å². The minimum absolute atomic E-state index is 0.568. The predicted octanol–water partition coefficient (Wildman–Crippen LogP) is 1.21. The van der Waals surface area contributed by atoms with Crippen LogP contribution in [-0.2, 0) is 8.85 Å². The average Bonchev–Trinajstić information content (AvgIpc) is 1.87. The minimum Gasteiger partial charge on any atom is -0.402 e. The molecule has 0 atom stereocenters. The third kappa shape index (κ3) is 6.73. The number of halogens is 1. The molecule has 0 N–H and O–H groups in total. The molecule has 1 aliphatic rings. The molecular formula is C6H15BrO2Si. The van der Waals surface area contributed by atoms with Crippen LogP contribution in [0.25, 0.3) is 0 Å². The van der Waals surface area contributed by atoms with Crippen molar-refractivity contribution in [3.8, 4) is 0 Å². The Balaban J connectivity index is 0.000000162. The first-order valence-corrected chi connectivity index (χ1v) is 5.50. The predicted molar refractivity (Wildman–Crippen MR) is 49.1 cm³/mol. The van der Waals surface area contributed by atoms with Crippen LogP contribution in [0.2, 0.25) is 0 Å². The zero-order valence-corrected chi connectivity index (χ0v) is 9.60. The van der Waals surface area contributed by atoms with Crippen molar-refractivity contribution in [2.45, 2.75) is 24.1 Å². The van der Waals surface area contributed by atoms with Gasteiger partial charge in [-0.2, -0.15) is 0 Å². The monoisotopic (exact) mass is 226 g/mol. The third-order valence-corrected chi connectivity index (χ3v) is 2.66. The van der Waals surface area contributed by atoms with Crippen LogP contribution in [-0.4, -0.2) is 29.1 Å². The maximum atomic E-state index is 4.61. The van der Waals surface area contributed by atoms with Crippen molar-refractivity contribution in [1.82, 2.24) is 0 Å². The molecule has 1 aliphatic carbocycles. The summed E-state index contributed by atoms with van der Waals surface area (Å²) in [6.45, 7) is 0. The third-order valence-electron chi connectivity index (χ3n) is 1.27. The largest absolute Gasteiger partial charge is 0.402 e. The first-order valence-electron chi connectivity index (χ1n) is 3.43. The summed E-state index contributed by atoms with van der Waals surface area (Å²) in [6.07, 6.45) is 4.25. The molecule has 0 aromatic heterocycles. The second-order valence-corrected chi connectivity index (χ2v) is 4.91. The van der Waals surface area contributed by atoms with Crippen LogP contribution in [0, 0.1) is 0 Å². The van der Waals surface area contributed by atoms with Crippen LogP contribution in [0.4, 0.5) is 0 Å². The molecule has 0 aromatic carbocycles. The molecule has 1 fully saturated rings. The minimum atomic E-state index is -0.568. The Morgan fingerprint density at radius 2 is 1.70 bits per heavy atom. The zero-order valence-electron chi connectivity index (χ0n) is 6.60. The van der Waals surface area contributed by atoms with Gasteiger partial charge >= 0.3 is 10.0 Å². The summed E-state index contributed by atoms with van der Waals surface area (Å²) in [4.78, 5) is 0.877. The normalized spacial score (nSPS) is 17.1. The van der Waals surface area contributed by atoms with Gasteiger partial charge in [-0.1, -0.05) is 22.4 Å². The van der Waals surface area contributed by atoms with Crippen molar-refractivity contribution < 1.29 is 8.85 Å². The maximum absolute atomic E-state index is 4.61. The fourth-order valence-corrected chi connectivity index (χ4v) is 1.36. The molecule has 0 unspecified atom stereocenters. The Hall–Kier alpha value is 0.617. The number of alkyl halides is 1. The van der Waals surface area contributed by atoms with E-state index in [1.165, 1.54) is 19.3 Å². The fraction of sp³-hybridized carbons (Fsp3) is 1.00. The van der Waals surface area contributed by atoms with Crippen molar-refractivity contribution in [2.75, 3.05) is 14.2 Å². The molecule has 0 radical (unpaired) electrons. The lowest BCUT2D eigenvalue weighted by Crippen LogP contribution is -2.07. The average molecular weight is 227 g/mol. The molecule has 1 rings (SSSR count). The van der Waals surface area contributed by atoms with Gasteiger partial charge in [-0.3, -0.25) is 0 Å². The van der Waals surface area contributed by atoms with E-state index in [2.05, 4.69) is 24.8 Å². The molecule has 4 heteroatoms. The highest BCUT2D eigenvalue weighted by Gasteiger charge is 2.11. The second-order valence-electron chi connectivity index (χ2n) is 2.22. The number of hydrogen-bond acceptors (Lipinski definition) is 2. The SMILES string of the molecule is BrC1CCC1.CO[SiH2]OC. The lowest BCUT2D eigenvalue weighted by Gasteiger charge is -2.16. The van der Waals surface area contributed by atoms with E-state index in [9.17, 15) is 0 Å². The summed E-state index contributed by atoms with van der Waals surface area (Å²) in [5.74, 6) is 0. The van der Waals surface area contributed by atoms with Crippen molar-refractivity contribution in [3.63, 3.8) is 0 Å². The highest BCUT2D eigenvalue weighted by Crippen LogP contribution is 2.25. The smallest absolute Gasteiger partial charge is 0.303 e. The van der Waals surface area contributed by atoms with Gasteiger partial charge in [0.05, 0.1) is 0 Å². The fourth-order valence-electron chi connectivity index (χ4n) is 0.476. The lowest BCUT2D eigenvalue weighted by molar-refractivity contribution is 0.309. The van der Waals surface area contributed by atoms with E-state index >= 15 is 0 Å². The van der Waals surface area contributed by atoms with Gasteiger partial charge in [0, 0.05) is 19.0 Å². The lowest BCUT2D eigenvalue weighted by atomic mass is 10.0. The van der Waals surface area contributed by atoms with Crippen molar-refractivity contribution in [2.24, 2.45) is 0 Å². The van der Waals surface area contributed by atoms with Gasteiger partial charge in [-0.05, 0) is 12.8 Å². The van der Waals surface area contributed by atoms with E-state index in [0.717, 1.165) is 4.83 Å². The summed E-state index contributed by atoms with van der Waals surface area (Å²) >= 11 is 3.46. The van der Waals surface area contributed by atoms with Gasteiger partial charge in [0.25, 0.3) is 0 Å². The van der Waals surface area contributed by atoms with Gasteiger partial charge in [-0.25, -0.2) is 0 Å². The van der Waals surface area contributed by atoms with Crippen LogP contribution >= 0.6 is 15.9 Å². The van der Waals surface area contributed by atoms with Crippen molar-refractivity contribution in [1.29, 1.82) is 0 Å². The molecule has 0 heterocycles. The second kappa shape index (κ2) is 7.72. The van der Waals surface area contributed by atoms with Gasteiger partial charge in [0.1, 0.15) is 0 Å². The molecule has 0 bridgehead atoms. The van der Waals surface area contributed by atoms with Crippen LogP contribution < -0.4 is 0 Å². The molecule has 0 aliphatic heterocycles. The summed E-state index contributed by atoms with van der Waals surface area (Å²) in [6, 6.07) is 0. The summed E-state index contributed by atoms with van der Waals surface area (Å²) in [5, 5.41) is 0. The molecule has 0 spiro atoms. The van der Waals surface area contributed by atoms with Crippen LogP contribution in [0.1, 0.15) is 19.3 Å². The molecule has 2 nitrogen and oxygen atoms in total. The highest BCUT2D eigenvalue weighted by molar-refractivity contribution is 9.09. The molecular weight excluding hydrogens is 212 g/mol. The molecule has 62 valence electrons. The van der Waals surface area contributed by atoms with Crippen LogP contribution in [0.5, 0.6) is 0 Å². The first kappa shape index (κ1) is 10.6. The maximum Gasteiger partial charge on any atom is 0.303 e. The Labute approximate surface area is 73.5 Å². The Kier molecular flexibility index (Phi) is 8.20. The molecule has 0 aromatic rings. The zero-order chi connectivity index (χ0) is 7.82. The molecule has 10 heavy (non-hydrogen) atoms. The van der Waals surface area contributed by atoms with E-state index in [-0.39, 0.29) is 0 Å². The van der Waals surface area contributed by atoms with Gasteiger partial charge < -0.3 is 8.85 Å².